The second-order valence-corrected chi connectivity index (χ2v) is 2.44. The van der Waals surface area contributed by atoms with Crippen LogP contribution in [0.4, 0.5) is 0 Å². The molecule has 0 spiro atoms. The van der Waals surface area contributed by atoms with E-state index >= 15 is 0 Å². The minimum absolute atomic E-state index is 1.13. The van der Waals surface area contributed by atoms with Crippen molar-refractivity contribution in [1.29, 1.82) is 0 Å². The number of aryl methyl sites for hydroxylation is 1. The second-order valence-electron chi connectivity index (χ2n) is 1.82. The Hall–Kier alpha value is -0.350. The van der Waals surface area contributed by atoms with Crippen LogP contribution in [0.25, 0.3) is 0 Å². The maximum absolute atomic E-state index is 3.04. The van der Waals surface area contributed by atoms with Crippen LogP contribution < -0.4 is 5.30 Å². The van der Waals surface area contributed by atoms with Crippen LogP contribution in [0.5, 0.6) is 0 Å². The lowest BCUT2D eigenvalue weighted by Gasteiger charge is -1.89. The molecule has 1 aromatic carbocycles. The highest BCUT2D eigenvalue weighted by atomic mass is 31.0. The van der Waals surface area contributed by atoms with E-state index in [1.165, 1.54) is 5.56 Å². The Morgan fingerprint density at radius 3 is 2.75 bits per heavy atom. The third kappa shape index (κ3) is 1.31. The fourth-order valence-corrected chi connectivity index (χ4v) is 0.964. The lowest BCUT2D eigenvalue weighted by Crippen LogP contribution is -1.88. The summed E-state index contributed by atoms with van der Waals surface area (Å²) < 4.78 is 0. The summed E-state index contributed by atoms with van der Waals surface area (Å²) >= 11 is 0. The molecule has 8 heavy (non-hydrogen) atoms. The van der Waals surface area contributed by atoms with E-state index in [1.807, 2.05) is 12.1 Å². The molecule has 0 heterocycles. The molecule has 1 aromatic rings. The predicted molar refractivity (Wildman–Crippen MR) is 39.4 cm³/mol. The summed E-state index contributed by atoms with van der Waals surface area (Å²) in [6.45, 7) is 2.07. The molecular weight excluding hydrogens is 115 g/mol. The van der Waals surface area contributed by atoms with Gasteiger partial charge in [0, 0.05) is 0 Å². The molecule has 1 heteroatoms. The van der Waals surface area contributed by atoms with Gasteiger partial charge >= 0.3 is 0 Å². The average Bonchev–Trinajstić information content (AvgIpc) is 1.64. The Bertz CT molecular complexity index is 164. The summed E-state index contributed by atoms with van der Waals surface area (Å²) in [6, 6.07) is 9.07. The van der Waals surface area contributed by atoms with Gasteiger partial charge in [0.2, 0.25) is 0 Å². The van der Waals surface area contributed by atoms with Gasteiger partial charge in [0.15, 0.2) is 0 Å². The third-order valence-corrected chi connectivity index (χ3v) is 1.31. The summed E-state index contributed by atoms with van der Waals surface area (Å²) in [7, 11) is 2.61. The molecule has 0 aliphatic heterocycles. The van der Waals surface area contributed by atoms with Gasteiger partial charge in [-0.15, -0.1) is 9.24 Å². The quantitative estimate of drug-likeness (QED) is 0.456. The zero-order chi connectivity index (χ0) is 5.98. The first-order valence-electron chi connectivity index (χ1n) is 2.53. The van der Waals surface area contributed by atoms with Crippen molar-refractivity contribution in [2.75, 3.05) is 0 Å². The second kappa shape index (κ2) is 2.28. The van der Waals surface area contributed by atoms with Gasteiger partial charge in [-0.3, -0.25) is 0 Å². The van der Waals surface area contributed by atoms with Gasteiger partial charge in [-0.2, -0.15) is 0 Å². The van der Waals surface area contributed by atoms with Crippen molar-refractivity contribution in [3.63, 3.8) is 0 Å². The topological polar surface area (TPSA) is 0 Å². The Morgan fingerprint density at radius 1 is 1.62 bits per heavy atom. The predicted octanol–water partition coefficient (Wildman–Crippen LogP) is 1.30. The normalized spacial score (nSPS) is 9.25. The molecule has 0 bridgehead atoms. The van der Waals surface area contributed by atoms with Gasteiger partial charge in [-0.1, -0.05) is 23.8 Å². The maximum Gasteiger partial charge on any atom is -0.0106 e. The van der Waals surface area contributed by atoms with Crippen LogP contribution in [0.2, 0.25) is 0 Å². The van der Waals surface area contributed by atoms with Crippen LogP contribution >= 0.6 is 9.24 Å². The molecule has 0 aromatic heterocycles. The van der Waals surface area contributed by atoms with E-state index in [0.29, 0.717) is 0 Å². The van der Waals surface area contributed by atoms with E-state index in [2.05, 4.69) is 28.3 Å². The summed E-state index contributed by atoms with van der Waals surface area (Å²) in [4.78, 5) is 0. The average molecular weight is 123 g/mol. The molecule has 0 aliphatic rings. The van der Waals surface area contributed by atoms with Crippen LogP contribution in [0, 0.1) is 13.0 Å². The highest BCUT2D eigenvalue weighted by molar-refractivity contribution is 7.27. The summed E-state index contributed by atoms with van der Waals surface area (Å²) in [5.41, 5.74) is 1.29. The van der Waals surface area contributed by atoms with Gasteiger partial charge in [0.05, 0.1) is 0 Å². The number of hydrogen-bond acceptors (Lipinski definition) is 0. The Kier molecular flexibility index (Phi) is 1.65. The fraction of sp³-hybridized carbons (Fsp3) is 0.143. The lowest BCUT2D eigenvalue weighted by atomic mass is 10.2. The zero-order valence-corrected chi connectivity index (χ0v) is 5.96. The highest BCUT2D eigenvalue weighted by Gasteiger charge is 1.81. The third-order valence-electron chi connectivity index (χ3n) is 0.979. The molecule has 0 nitrogen and oxygen atoms in total. The van der Waals surface area contributed by atoms with E-state index < -0.39 is 0 Å². The van der Waals surface area contributed by atoms with Crippen molar-refractivity contribution < 1.29 is 0 Å². The zero-order valence-electron chi connectivity index (χ0n) is 4.81. The monoisotopic (exact) mass is 123 g/mol. The molecule has 0 saturated carbocycles. The molecule has 0 aliphatic carbocycles. The summed E-state index contributed by atoms with van der Waals surface area (Å²) in [5.74, 6) is 0. The molecule has 0 amide bonds. The molecule has 1 rings (SSSR count). The Labute approximate surface area is 52.1 Å². The van der Waals surface area contributed by atoms with E-state index in [0.717, 1.165) is 5.30 Å². The fourth-order valence-electron chi connectivity index (χ4n) is 0.604. The van der Waals surface area contributed by atoms with Crippen LogP contribution in [-0.2, 0) is 0 Å². The molecular formula is C7H8P. The van der Waals surface area contributed by atoms with E-state index in [1.54, 1.807) is 0 Å². The summed E-state index contributed by atoms with van der Waals surface area (Å²) in [5, 5.41) is 1.13. The van der Waals surface area contributed by atoms with Crippen molar-refractivity contribution in [2.24, 2.45) is 0 Å². The Morgan fingerprint density at radius 2 is 2.38 bits per heavy atom. The van der Waals surface area contributed by atoms with Crippen molar-refractivity contribution in [2.45, 2.75) is 6.92 Å². The van der Waals surface area contributed by atoms with Gasteiger partial charge in [0.25, 0.3) is 0 Å². The van der Waals surface area contributed by atoms with Gasteiger partial charge < -0.3 is 0 Å². The van der Waals surface area contributed by atoms with Crippen molar-refractivity contribution >= 4 is 14.5 Å². The molecule has 1 radical (unpaired) electrons. The SMILES string of the molecule is Cc1cc[c]c(P)c1. The first-order valence-corrected chi connectivity index (χ1v) is 3.10. The number of benzene rings is 1. The lowest BCUT2D eigenvalue weighted by molar-refractivity contribution is 1.49. The van der Waals surface area contributed by atoms with Crippen molar-refractivity contribution in [1.82, 2.24) is 0 Å². The van der Waals surface area contributed by atoms with Gasteiger partial charge in [-0.05, 0) is 18.3 Å². The highest BCUT2D eigenvalue weighted by Crippen LogP contribution is 1.94. The first kappa shape index (κ1) is 5.78. The van der Waals surface area contributed by atoms with E-state index in [9.17, 15) is 0 Å². The van der Waals surface area contributed by atoms with E-state index in [-0.39, 0.29) is 0 Å². The number of hydrogen-bond donors (Lipinski definition) is 0. The molecule has 41 valence electrons. The van der Waals surface area contributed by atoms with Crippen LogP contribution in [0.3, 0.4) is 0 Å². The maximum atomic E-state index is 3.04. The minimum Gasteiger partial charge on any atom is -0.105 e. The summed E-state index contributed by atoms with van der Waals surface area (Å²) in [6.07, 6.45) is 0. The van der Waals surface area contributed by atoms with Gasteiger partial charge in [-0.25, -0.2) is 0 Å². The Balaban J connectivity index is 3.08. The molecule has 0 saturated heterocycles. The smallest absolute Gasteiger partial charge is 0.0106 e. The van der Waals surface area contributed by atoms with Crippen LogP contribution in [-0.4, -0.2) is 0 Å². The molecule has 1 unspecified atom stereocenters. The number of rotatable bonds is 0. The van der Waals surface area contributed by atoms with Crippen molar-refractivity contribution in [3.8, 4) is 0 Å². The first-order chi connectivity index (χ1) is 3.79. The molecule has 0 N–H and O–H groups in total. The van der Waals surface area contributed by atoms with E-state index in [4.69, 9.17) is 0 Å². The standard InChI is InChI=1S/C7H8P/c1-6-3-2-4-7(8)5-6/h2-3,5H,8H2,1H3. The molecule has 1 atom stereocenters. The molecule has 0 fully saturated rings. The van der Waals surface area contributed by atoms with Crippen molar-refractivity contribution in [3.05, 3.63) is 29.8 Å². The van der Waals surface area contributed by atoms with Gasteiger partial charge in [0.1, 0.15) is 0 Å². The van der Waals surface area contributed by atoms with Crippen LogP contribution in [0.15, 0.2) is 18.2 Å². The minimum atomic E-state index is 1.13. The largest absolute Gasteiger partial charge is 0.105 e. The van der Waals surface area contributed by atoms with Crippen LogP contribution in [0.1, 0.15) is 5.56 Å².